The molecule has 21 heavy (non-hydrogen) atoms. The molecule has 0 saturated carbocycles. The standard InChI is InChI=1S/C16H14N4O/c1-10-18-12-6-2-3-7-13(12)20(10)9-15-19-16-11(17)5-4-8-14(16)21-15/h2-8H,9,17H2,1H3. The molecule has 4 aromatic rings. The summed E-state index contributed by atoms with van der Waals surface area (Å²) in [5, 5.41) is 0. The van der Waals surface area contributed by atoms with Crippen molar-refractivity contribution in [1.82, 2.24) is 14.5 Å². The molecular weight excluding hydrogens is 264 g/mol. The van der Waals surface area contributed by atoms with Crippen LogP contribution in [-0.4, -0.2) is 14.5 Å². The number of hydrogen-bond donors (Lipinski definition) is 1. The number of fused-ring (bicyclic) bond motifs is 2. The average Bonchev–Trinajstić information content (AvgIpc) is 3.02. The first-order valence-corrected chi connectivity index (χ1v) is 6.78. The van der Waals surface area contributed by atoms with E-state index in [0.29, 0.717) is 23.7 Å². The van der Waals surface area contributed by atoms with E-state index in [1.165, 1.54) is 0 Å². The van der Waals surface area contributed by atoms with Crippen molar-refractivity contribution in [2.75, 3.05) is 5.73 Å². The minimum Gasteiger partial charge on any atom is -0.439 e. The van der Waals surface area contributed by atoms with E-state index >= 15 is 0 Å². The third kappa shape index (κ3) is 1.86. The van der Waals surface area contributed by atoms with Gasteiger partial charge in [-0.3, -0.25) is 0 Å². The van der Waals surface area contributed by atoms with Crippen molar-refractivity contribution in [3.05, 3.63) is 54.2 Å². The maximum atomic E-state index is 5.92. The lowest BCUT2D eigenvalue weighted by molar-refractivity contribution is 0.509. The number of aromatic nitrogens is 3. The van der Waals surface area contributed by atoms with Gasteiger partial charge in [0.2, 0.25) is 5.89 Å². The smallest absolute Gasteiger partial charge is 0.215 e. The molecule has 5 heteroatoms. The number of hydrogen-bond acceptors (Lipinski definition) is 4. The maximum Gasteiger partial charge on any atom is 0.215 e. The summed E-state index contributed by atoms with van der Waals surface area (Å²) in [6.45, 7) is 2.53. The Morgan fingerprint density at radius 3 is 2.81 bits per heavy atom. The Hall–Kier alpha value is -2.82. The van der Waals surface area contributed by atoms with Crippen LogP contribution in [-0.2, 0) is 6.54 Å². The zero-order chi connectivity index (χ0) is 14.4. The number of rotatable bonds is 2. The minimum absolute atomic E-state index is 0.542. The predicted molar refractivity (Wildman–Crippen MR) is 82.0 cm³/mol. The first-order chi connectivity index (χ1) is 10.2. The zero-order valence-corrected chi connectivity index (χ0v) is 11.6. The summed E-state index contributed by atoms with van der Waals surface area (Å²) < 4.78 is 7.88. The Balaban J connectivity index is 1.83. The molecule has 0 unspecified atom stereocenters. The molecule has 4 rings (SSSR count). The molecule has 104 valence electrons. The fourth-order valence-corrected chi connectivity index (χ4v) is 2.61. The fourth-order valence-electron chi connectivity index (χ4n) is 2.61. The van der Waals surface area contributed by atoms with Crippen LogP contribution < -0.4 is 5.73 Å². The largest absolute Gasteiger partial charge is 0.439 e. The third-order valence-corrected chi connectivity index (χ3v) is 3.63. The van der Waals surface area contributed by atoms with Gasteiger partial charge < -0.3 is 14.7 Å². The predicted octanol–water partition coefficient (Wildman–Crippen LogP) is 3.12. The van der Waals surface area contributed by atoms with Gasteiger partial charge in [-0.15, -0.1) is 0 Å². The second-order valence-corrected chi connectivity index (χ2v) is 5.04. The summed E-state index contributed by atoms with van der Waals surface area (Å²) in [6, 6.07) is 13.6. The van der Waals surface area contributed by atoms with E-state index < -0.39 is 0 Å². The average molecular weight is 278 g/mol. The van der Waals surface area contributed by atoms with E-state index in [-0.39, 0.29) is 0 Å². The van der Waals surface area contributed by atoms with Gasteiger partial charge in [0, 0.05) is 0 Å². The summed E-state index contributed by atoms with van der Waals surface area (Å²) in [7, 11) is 0. The van der Waals surface area contributed by atoms with Crippen molar-refractivity contribution < 1.29 is 4.42 Å². The minimum atomic E-state index is 0.542. The molecule has 0 spiro atoms. The highest BCUT2D eigenvalue weighted by Gasteiger charge is 2.12. The monoisotopic (exact) mass is 278 g/mol. The number of nitrogen functional groups attached to an aromatic ring is 1. The fraction of sp³-hybridized carbons (Fsp3) is 0.125. The summed E-state index contributed by atoms with van der Waals surface area (Å²) in [5.41, 5.74) is 10.0. The second kappa shape index (κ2) is 4.34. The lowest BCUT2D eigenvalue weighted by Gasteiger charge is -2.02. The van der Waals surface area contributed by atoms with Crippen molar-refractivity contribution in [2.45, 2.75) is 13.5 Å². The number of imidazole rings is 1. The summed E-state index contributed by atoms with van der Waals surface area (Å²) in [6.07, 6.45) is 0. The van der Waals surface area contributed by atoms with Gasteiger partial charge in [0.15, 0.2) is 5.58 Å². The molecule has 0 radical (unpaired) electrons. The Kier molecular flexibility index (Phi) is 2.47. The van der Waals surface area contributed by atoms with Gasteiger partial charge in [-0.25, -0.2) is 9.97 Å². The Morgan fingerprint density at radius 2 is 1.95 bits per heavy atom. The number of anilines is 1. The maximum absolute atomic E-state index is 5.92. The topological polar surface area (TPSA) is 69.9 Å². The molecule has 0 atom stereocenters. The van der Waals surface area contributed by atoms with E-state index in [1.54, 1.807) is 0 Å². The first-order valence-electron chi connectivity index (χ1n) is 6.78. The van der Waals surface area contributed by atoms with E-state index in [0.717, 1.165) is 22.4 Å². The molecule has 2 heterocycles. The van der Waals surface area contributed by atoms with E-state index in [2.05, 4.69) is 14.5 Å². The molecule has 0 aliphatic carbocycles. The van der Waals surface area contributed by atoms with Crippen molar-refractivity contribution in [3.8, 4) is 0 Å². The molecule has 2 aromatic heterocycles. The van der Waals surface area contributed by atoms with E-state index in [9.17, 15) is 0 Å². The number of nitrogens with zero attached hydrogens (tertiary/aromatic N) is 3. The molecule has 0 amide bonds. The van der Waals surface area contributed by atoms with Gasteiger partial charge in [-0.1, -0.05) is 18.2 Å². The van der Waals surface area contributed by atoms with Crippen LogP contribution in [0.5, 0.6) is 0 Å². The molecule has 0 bridgehead atoms. The Morgan fingerprint density at radius 1 is 1.10 bits per heavy atom. The van der Waals surface area contributed by atoms with Crippen molar-refractivity contribution in [2.24, 2.45) is 0 Å². The Labute approximate surface area is 121 Å². The molecule has 0 aliphatic heterocycles. The third-order valence-electron chi connectivity index (χ3n) is 3.63. The number of aryl methyl sites for hydroxylation is 1. The highest BCUT2D eigenvalue weighted by Crippen LogP contribution is 2.23. The van der Waals surface area contributed by atoms with Gasteiger partial charge in [-0.05, 0) is 31.2 Å². The SMILES string of the molecule is Cc1nc2ccccc2n1Cc1nc2c(N)cccc2o1. The Bertz CT molecular complexity index is 951. The van der Waals surface area contributed by atoms with Crippen LogP contribution in [0.2, 0.25) is 0 Å². The van der Waals surface area contributed by atoms with E-state index in [1.807, 2.05) is 49.4 Å². The summed E-state index contributed by atoms with van der Waals surface area (Å²) >= 11 is 0. The van der Waals surface area contributed by atoms with Crippen molar-refractivity contribution >= 4 is 27.8 Å². The highest BCUT2D eigenvalue weighted by atomic mass is 16.3. The van der Waals surface area contributed by atoms with Crippen LogP contribution >= 0.6 is 0 Å². The zero-order valence-electron chi connectivity index (χ0n) is 11.6. The number of benzene rings is 2. The van der Waals surface area contributed by atoms with Crippen LogP contribution in [0.3, 0.4) is 0 Å². The summed E-state index contributed by atoms with van der Waals surface area (Å²) in [4.78, 5) is 9.04. The molecule has 0 aliphatic rings. The van der Waals surface area contributed by atoms with Crippen LogP contribution in [0.4, 0.5) is 5.69 Å². The van der Waals surface area contributed by atoms with E-state index in [4.69, 9.17) is 10.2 Å². The van der Waals surface area contributed by atoms with Gasteiger partial charge in [0.25, 0.3) is 0 Å². The van der Waals surface area contributed by atoms with Gasteiger partial charge >= 0.3 is 0 Å². The van der Waals surface area contributed by atoms with Crippen LogP contribution in [0.25, 0.3) is 22.1 Å². The van der Waals surface area contributed by atoms with Crippen LogP contribution in [0, 0.1) is 6.92 Å². The molecule has 0 saturated heterocycles. The highest BCUT2D eigenvalue weighted by molar-refractivity contribution is 5.85. The summed E-state index contributed by atoms with van der Waals surface area (Å²) in [5.74, 6) is 1.57. The van der Waals surface area contributed by atoms with Crippen molar-refractivity contribution in [1.29, 1.82) is 0 Å². The molecule has 5 nitrogen and oxygen atoms in total. The van der Waals surface area contributed by atoms with Crippen molar-refractivity contribution in [3.63, 3.8) is 0 Å². The second-order valence-electron chi connectivity index (χ2n) is 5.04. The normalized spacial score (nSPS) is 11.5. The number of para-hydroxylation sites is 3. The lowest BCUT2D eigenvalue weighted by Crippen LogP contribution is -2.02. The quantitative estimate of drug-likeness (QED) is 0.572. The molecule has 0 fully saturated rings. The molecule has 2 N–H and O–H groups in total. The number of oxazole rings is 1. The van der Waals surface area contributed by atoms with Gasteiger partial charge in [-0.2, -0.15) is 0 Å². The lowest BCUT2D eigenvalue weighted by atomic mass is 10.3. The first kappa shape index (κ1) is 12.0. The van der Waals surface area contributed by atoms with Gasteiger partial charge in [0.1, 0.15) is 17.9 Å². The van der Waals surface area contributed by atoms with Crippen LogP contribution in [0.1, 0.15) is 11.7 Å². The van der Waals surface area contributed by atoms with Gasteiger partial charge in [0.05, 0.1) is 16.7 Å². The van der Waals surface area contributed by atoms with Crippen LogP contribution in [0.15, 0.2) is 46.9 Å². The molecule has 2 aromatic carbocycles. The number of nitrogens with two attached hydrogens (primary N) is 1. The molecular formula is C16H14N4O.